The maximum absolute atomic E-state index is 10.2. The molecule has 1 fully saturated rings. The van der Waals surface area contributed by atoms with Gasteiger partial charge in [0.25, 0.3) is 0 Å². The first kappa shape index (κ1) is 16.5. The fraction of sp³-hybridized carbons (Fsp3) is 0.667. The second kappa shape index (κ2) is 7.92. The van der Waals surface area contributed by atoms with Gasteiger partial charge in [-0.25, -0.2) is 0 Å². The van der Waals surface area contributed by atoms with Crippen molar-refractivity contribution in [3.63, 3.8) is 0 Å². The van der Waals surface area contributed by atoms with Crippen LogP contribution in [0.25, 0.3) is 0 Å². The highest BCUT2D eigenvalue weighted by Crippen LogP contribution is 2.28. The Bertz CT molecular complexity index is 403. The zero-order valence-electron chi connectivity index (χ0n) is 13.5. The van der Waals surface area contributed by atoms with Crippen LogP contribution in [-0.2, 0) is 5.54 Å². The minimum atomic E-state index is -0.353. The Morgan fingerprint density at radius 2 is 1.86 bits per heavy atom. The summed E-state index contributed by atoms with van der Waals surface area (Å²) in [6, 6.07) is 11.1. The Kier molecular flexibility index (Phi) is 6.22. The molecule has 0 aliphatic heterocycles. The summed E-state index contributed by atoms with van der Waals surface area (Å²) < 4.78 is 0. The molecule has 118 valence electrons. The maximum Gasteiger partial charge on any atom is 0.0797 e. The van der Waals surface area contributed by atoms with E-state index in [1.54, 1.807) is 0 Å². The van der Waals surface area contributed by atoms with E-state index in [2.05, 4.69) is 48.3 Å². The van der Waals surface area contributed by atoms with Crippen LogP contribution in [0.15, 0.2) is 30.3 Å². The van der Waals surface area contributed by atoms with E-state index in [0.29, 0.717) is 6.04 Å². The number of hydrogen-bond donors (Lipinski definition) is 2. The van der Waals surface area contributed by atoms with Crippen molar-refractivity contribution in [2.24, 2.45) is 0 Å². The first-order valence-corrected chi connectivity index (χ1v) is 8.41. The van der Waals surface area contributed by atoms with Crippen molar-refractivity contribution < 1.29 is 5.11 Å². The summed E-state index contributed by atoms with van der Waals surface area (Å²) in [6.07, 6.45) is 5.30. The van der Waals surface area contributed by atoms with Crippen LogP contribution >= 0.6 is 0 Å². The van der Waals surface area contributed by atoms with Crippen LogP contribution < -0.4 is 5.32 Å². The van der Waals surface area contributed by atoms with Gasteiger partial charge in [0.05, 0.1) is 12.1 Å². The molecule has 1 aliphatic rings. The van der Waals surface area contributed by atoms with Gasteiger partial charge >= 0.3 is 0 Å². The molecule has 0 aromatic heterocycles. The van der Waals surface area contributed by atoms with Crippen LogP contribution in [0.1, 0.15) is 45.1 Å². The van der Waals surface area contributed by atoms with E-state index in [1.165, 1.54) is 31.2 Å². The van der Waals surface area contributed by atoms with E-state index < -0.39 is 0 Å². The smallest absolute Gasteiger partial charge is 0.0797 e. The summed E-state index contributed by atoms with van der Waals surface area (Å²) in [6.45, 7) is 7.26. The summed E-state index contributed by atoms with van der Waals surface area (Å²) in [5.74, 6) is 0. The van der Waals surface area contributed by atoms with E-state index in [9.17, 15) is 5.11 Å². The lowest BCUT2D eigenvalue weighted by Gasteiger charge is -2.40. The Morgan fingerprint density at radius 3 is 2.38 bits per heavy atom. The SMILES string of the molecule is CCNC(CO)(CN(CC)C1CCCC1)c1ccccc1. The normalized spacial score (nSPS) is 19.0. The number of nitrogens with one attached hydrogen (secondary N) is 1. The number of hydrogen-bond acceptors (Lipinski definition) is 3. The van der Waals surface area contributed by atoms with Gasteiger partial charge in [0.1, 0.15) is 0 Å². The molecule has 2 N–H and O–H groups in total. The highest BCUT2D eigenvalue weighted by molar-refractivity contribution is 5.25. The fourth-order valence-corrected chi connectivity index (χ4v) is 3.66. The van der Waals surface area contributed by atoms with Gasteiger partial charge in [-0.3, -0.25) is 4.90 Å². The van der Waals surface area contributed by atoms with Gasteiger partial charge in [-0.1, -0.05) is 57.0 Å². The molecule has 0 radical (unpaired) electrons. The molecule has 1 aliphatic carbocycles. The van der Waals surface area contributed by atoms with Crippen molar-refractivity contribution in [3.05, 3.63) is 35.9 Å². The van der Waals surface area contributed by atoms with Crippen LogP contribution in [0.4, 0.5) is 0 Å². The van der Waals surface area contributed by atoms with E-state index in [1.807, 2.05) is 6.07 Å². The third kappa shape index (κ3) is 3.85. The summed E-state index contributed by atoms with van der Waals surface area (Å²) in [4.78, 5) is 2.55. The quantitative estimate of drug-likeness (QED) is 0.773. The fourth-order valence-electron chi connectivity index (χ4n) is 3.66. The predicted molar refractivity (Wildman–Crippen MR) is 88.4 cm³/mol. The number of benzene rings is 1. The molecule has 3 nitrogen and oxygen atoms in total. The molecule has 3 heteroatoms. The van der Waals surface area contributed by atoms with E-state index in [0.717, 1.165) is 19.6 Å². The second-order valence-electron chi connectivity index (χ2n) is 6.14. The lowest BCUT2D eigenvalue weighted by Crippen LogP contribution is -2.55. The molecule has 1 atom stereocenters. The van der Waals surface area contributed by atoms with Crippen LogP contribution in [0.5, 0.6) is 0 Å². The predicted octanol–water partition coefficient (Wildman–Crippen LogP) is 2.75. The first-order valence-electron chi connectivity index (χ1n) is 8.41. The van der Waals surface area contributed by atoms with Gasteiger partial charge in [0.2, 0.25) is 0 Å². The van der Waals surface area contributed by atoms with Crippen LogP contribution in [0.3, 0.4) is 0 Å². The molecule has 1 aromatic rings. The minimum Gasteiger partial charge on any atom is -0.394 e. The van der Waals surface area contributed by atoms with Crippen molar-refractivity contribution in [2.45, 2.75) is 51.1 Å². The number of likely N-dealkylation sites (N-methyl/N-ethyl adjacent to an activating group) is 2. The molecule has 21 heavy (non-hydrogen) atoms. The lowest BCUT2D eigenvalue weighted by molar-refractivity contribution is 0.0878. The maximum atomic E-state index is 10.2. The molecule has 0 saturated heterocycles. The Morgan fingerprint density at radius 1 is 1.19 bits per heavy atom. The lowest BCUT2D eigenvalue weighted by atomic mass is 9.89. The van der Waals surface area contributed by atoms with Crippen LogP contribution in [0.2, 0.25) is 0 Å². The van der Waals surface area contributed by atoms with Gasteiger partial charge in [0.15, 0.2) is 0 Å². The number of aliphatic hydroxyl groups is 1. The Balaban J connectivity index is 2.22. The zero-order valence-corrected chi connectivity index (χ0v) is 13.5. The van der Waals surface area contributed by atoms with Gasteiger partial charge in [0, 0.05) is 12.6 Å². The summed E-state index contributed by atoms with van der Waals surface area (Å²) in [7, 11) is 0. The van der Waals surface area contributed by atoms with E-state index in [4.69, 9.17) is 0 Å². The van der Waals surface area contributed by atoms with E-state index in [-0.39, 0.29) is 12.1 Å². The topological polar surface area (TPSA) is 35.5 Å². The monoisotopic (exact) mass is 290 g/mol. The summed E-state index contributed by atoms with van der Waals surface area (Å²) >= 11 is 0. The Hall–Kier alpha value is -0.900. The average molecular weight is 290 g/mol. The van der Waals surface area contributed by atoms with Crippen molar-refractivity contribution >= 4 is 0 Å². The Labute approximate surface area is 129 Å². The summed E-state index contributed by atoms with van der Waals surface area (Å²) in [5.41, 5.74) is 0.833. The van der Waals surface area contributed by atoms with Gasteiger partial charge in [-0.05, 0) is 31.5 Å². The largest absolute Gasteiger partial charge is 0.394 e. The van der Waals surface area contributed by atoms with E-state index >= 15 is 0 Å². The van der Waals surface area contributed by atoms with Crippen LogP contribution in [0, 0.1) is 0 Å². The number of aliphatic hydroxyl groups excluding tert-OH is 1. The van der Waals surface area contributed by atoms with Gasteiger partial charge < -0.3 is 10.4 Å². The average Bonchev–Trinajstić information content (AvgIpc) is 3.06. The summed E-state index contributed by atoms with van der Waals surface area (Å²) in [5, 5.41) is 13.7. The van der Waals surface area contributed by atoms with Crippen LogP contribution in [-0.4, -0.2) is 42.3 Å². The van der Waals surface area contributed by atoms with Crippen molar-refractivity contribution in [3.8, 4) is 0 Å². The molecule has 2 rings (SSSR count). The molecular weight excluding hydrogens is 260 g/mol. The third-order valence-corrected chi connectivity index (χ3v) is 4.83. The van der Waals surface area contributed by atoms with Gasteiger partial charge in [-0.2, -0.15) is 0 Å². The molecule has 0 amide bonds. The van der Waals surface area contributed by atoms with Crippen molar-refractivity contribution in [2.75, 3.05) is 26.2 Å². The third-order valence-electron chi connectivity index (χ3n) is 4.83. The van der Waals surface area contributed by atoms with Crippen molar-refractivity contribution in [1.29, 1.82) is 0 Å². The molecule has 1 unspecified atom stereocenters. The number of rotatable bonds is 8. The standard InChI is InChI=1S/C18H30N2O/c1-3-19-18(15-21,16-10-6-5-7-11-16)14-20(4-2)17-12-8-9-13-17/h5-7,10-11,17,19,21H,3-4,8-9,12-15H2,1-2H3. The molecule has 1 saturated carbocycles. The number of nitrogens with zero attached hydrogens (tertiary/aromatic N) is 1. The second-order valence-corrected chi connectivity index (χ2v) is 6.14. The molecule has 0 bridgehead atoms. The first-order chi connectivity index (χ1) is 10.3. The minimum absolute atomic E-state index is 0.133. The molecular formula is C18H30N2O. The molecule has 0 spiro atoms. The molecule has 0 heterocycles. The van der Waals surface area contributed by atoms with Gasteiger partial charge in [-0.15, -0.1) is 0 Å². The molecule has 1 aromatic carbocycles. The zero-order chi connectivity index (χ0) is 15.1. The highest BCUT2D eigenvalue weighted by Gasteiger charge is 2.35. The van der Waals surface area contributed by atoms with Crippen molar-refractivity contribution in [1.82, 2.24) is 10.2 Å². The highest BCUT2D eigenvalue weighted by atomic mass is 16.3.